The Morgan fingerprint density at radius 3 is 2.65 bits per heavy atom. The van der Waals surface area contributed by atoms with Crippen LogP contribution in [0.25, 0.3) is 0 Å². The van der Waals surface area contributed by atoms with Crippen molar-refractivity contribution in [3.8, 4) is 5.75 Å². The van der Waals surface area contributed by atoms with E-state index in [4.69, 9.17) is 10.3 Å². The Hall–Kier alpha value is -2.74. The number of rotatable bonds is 6. The van der Waals surface area contributed by atoms with Crippen LogP contribution < -0.4 is 15.6 Å². The maximum Gasteiger partial charge on any atom is 0.433 e. The molecule has 136 valence electrons. The van der Waals surface area contributed by atoms with Gasteiger partial charge in [-0.1, -0.05) is 17.1 Å². The standard InChI is InChI=1S/C18H19BrN4O3/c1-11-5-4-6-16(21-18(25)23(3)22-20)14(11)10-26-17-8-7-13(12(2)24)9-15(17)19/h4-9,20H,10H2,1-3H3,(H,21,25)/p+1. The highest BCUT2D eigenvalue weighted by molar-refractivity contribution is 9.10. The Balaban J connectivity index is 2.20. The number of carbonyl (C=O) groups excluding carboxylic acids is 2. The van der Waals surface area contributed by atoms with Crippen molar-refractivity contribution >= 4 is 33.4 Å². The molecule has 0 unspecified atom stereocenters. The number of hydrogen-bond acceptors (Lipinski definition) is 4. The molecule has 0 heterocycles. The van der Waals surface area contributed by atoms with Gasteiger partial charge in [0.15, 0.2) is 5.78 Å². The third kappa shape index (κ3) is 4.66. The summed E-state index contributed by atoms with van der Waals surface area (Å²) in [5.74, 6) is 0.584. The van der Waals surface area contributed by atoms with Gasteiger partial charge in [-0.2, -0.15) is 5.53 Å². The number of carbonyl (C=O) groups is 2. The van der Waals surface area contributed by atoms with Crippen LogP contribution in [0.2, 0.25) is 0 Å². The van der Waals surface area contributed by atoms with Crippen molar-refractivity contribution in [1.82, 2.24) is 5.01 Å². The summed E-state index contributed by atoms with van der Waals surface area (Å²) in [6.45, 7) is 3.68. The van der Waals surface area contributed by atoms with Crippen molar-refractivity contribution in [2.24, 2.45) is 5.22 Å². The first kappa shape index (κ1) is 19.6. The van der Waals surface area contributed by atoms with Crippen LogP contribution >= 0.6 is 15.9 Å². The number of amides is 2. The van der Waals surface area contributed by atoms with Crippen molar-refractivity contribution in [3.05, 3.63) is 57.6 Å². The summed E-state index contributed by atoms with van der Waals surface area (Å²) in [6.07, 6.45) is 0. The fraction of sp³-hybridized carbons (Fsp3) is 0.222. The number of benzene rings is 2. The van der Waals surface area contributed by atoms with E-state index >= 15 is 0 Å². The molecule has 0 spiro atoms. The number of halogens is 1. The average molecular weight is 420 g/mol. The molecule has 2 aromatic carbocycles. The molecule has 0 saturated carbocycles. The summed E-state index contributed by atoms with van der Waals surface area (Å²) in [5.41, 5.74) is 8.12. The van der Waals surface area contributed by atoms with Crippen LogP contribution in [0.3, 0.4) is 0 Å². The van der Waals surface area contributed by atoms with Crippen molar-refractivity contribution in [2.75, 3.05) is 12.4 Å². The number of anilines is 1. The minimum atomic E-state index is -0.452. The molecule has 0 aromatic heterocycles. The molecule has 0 bridgehead atoms. The molecule has 7 nitrogen and oxygen atoms in total. The lowest BCUT2D eigenvalue weighted by Gasteiger charge is -2.15. The lowest BCUT2D eigenvalue weighted by atomic mass is 10.1. The molecule has 0 radical (unpaired) electrons. The lowest BCUT2D eigenvalue weighted by molar-refractivity contribution is -0.248. The molecule has 0 fully saturated rings. The number of nitrogens with two attached hydrogens (primary N) is 1. The number of Topliss-reactive ketones (excluding diaryl/α,β-unsaturated/α-hetero) is 1. The third-order valence-corrected chi connectivity index (χ3v) is 4.45. The van der Waals surface area contributed by atoms with Gasteiger partial charge in [0, 0.05) is 11.1 Å². The molecular formula is C18H20BrN4O3+. The number of ketones is 1. The van der Waals surface area contributed by atoms with E-state index in [2.05, 4.69) is 26.5 Å². The van der Waals surface area contributed by atoms with Gasteiger partial charge in [-0.05, 0) is 59.6 Å². The molecule has 3 N–H and O–H groups in total. The van der Waals surface area contributed by atoms with E-state index < -0.39 is 6.03 Å². The Morgan fingerprint density at radius 1 is 1.31 bits per heavy atom. The average Bonchev–Trinajstić information content (AvgIpc) is 2.61. The van der Waals surface area contributed by atoms with Crippen LogP contribution in [0.4, 0.5) is 10.5 Å². The lowest BCUT2D eigenvalue weighted by Crippen LogP contribution is -2.37. The van der Waals surface area contributed by atoms with E-state index in [0.29, 0.717) is 21.5 Å². The van der Waals surface area contributed by atoms with Crippen LogP contribution in [0.1, 0.15) is 28.4 Å². The number of ether oxygens (including phenoxy) is 1. The Kier molecular flexibility index (Phi) is 6.46. The fourth-order valence-electron chi connectivity index (χ4n) is 2.25. The SMILES string of the molecule is CC(=O)c1ccc(OCc2c(C)cccc2NC(=O)N(C)N=[NH2+])c(Br)c1. The van der Waals surface area contributed by atoms with Gasteiger partial charge in [0.1, 0.15) is 19.4 Å². The zero-order valence-electron chi connectivity index (χ0n) is 14.7. The second kappa shape index (κ2) is 8.57. The minimum Gasteiger partial charge on any atom is -0.488 e. The summed E-state index contributed by atoms with van der Waals surface area (Å²) >= 11 is 3.41. The fourth-order valence-corrected chi connectivity index (χ4v) is 2.74. The Labute approximate surface area is 159 Å². The van der Waals surface area contributed by atoms with Crippen LogP contribution in [0.5, 0.6) is 5.75 Å². The summed E-state index contributed by atoms with van der Waals surface area (Å²) in [5, 5.41) is 7.08. The highest BCUT2D eigenvalue weighted by Crippen LogP contribution is 2.29. The maximum atomic E-state index is 12.0. The normalized spacial score (nSPS) is 10.2. The van der Waals surface area contributed by atoms with Crippen LogP contribution in [-0.2, 0) is 6.61 Å². The Morgan fingerprint density at radius 2 is 2.04 bits per heavy atom. The number of urea groups is 1. The van der Waals surface area contributed by atoms with Gasteiger partial charge in [-0.25, -0.2) is 4.79 Å². The smallest absolute Gasteiger partial charge is 0.433 e. The molecule has 2 amide bonds. The summed E-state index contributed by atoms with van der Waals surface area (Å²) < 4.78 is 6.56. The largest absolute Gasteiger partial charge is 0.488 e. The third-order valence-electron chi connectivity index (χ3n) is 3.83. The molecule has 0 aliphatic heterocycles. The quantitative estimate of drug-likeness (QED) is 0.427. The predicted molar refractivity (Wildman–Crippen MR) is 101 cm³/mol. The van der Waals surface area contributed by atoms with E-state index in [9.17, 15) is 9.59 Å². The summed E-state index contributed by atoms with van der Waals surface area (Å²) in [7, 11) is 1.45. The van der Waals surface area contributed by atoms with E-state index in [1.165, 1.54) is 14.0 Å². The Bertz CT molecular complexity index is 854. The van der Waals surface area contributed by atoms with Gasteiger partial charge in [0.2, 0.25) is 0 Å². The maximum absolute atomic E-state index is 12.0. The van der Waals surface area contributed by atoms with Crippen LogP contribution in [0, 0.1) is 6.92 Å². The van der Waals surface area contributed by atoms with E-state index in [0.717, 1.165) is 16.1 Å². The number of aryl methyl sites for hydroxylation is 1. The predicted octanol–water partition coefficient (Wildman–Crippen LogP) is 3.13. The number of hydrogen-bond donors (Lipinski definition) is 2. The van der Waals surface area contributed by atoms with Gasteiger partial charge >= 0.3 is 6.03 Å². The molecule has 2 aromatic rings. The van der Waals surface area contributed by atoms with E-state index in [-0.39, 0.29) is 12.4 Å². The molecule has 2 rings (SSSR count). The highest BCUT2D eigenvalue weighted by atomic mass is 79.9. The molecular weight excluding hydrogens is 400 g/mol. The molecule has 0 aliphatic rings. The zero-order valence-corrected chi connectivity index (χ0v) is 16.3. The van der Waals surface area contributed by atoms with Crippen molar-refractivity contribution in [3.63, 3.8) is 0 Å². The van der Waals surface area contributed by atoms with Gasteiger partial charge in [0.25, 0.3) is 0 Å². The van der Waals surface area contributed by atoms with Crippen LogP contribution in [-0.4, -0.2) is 23.9 Å². The first-order valence-electron chi connectivity index (χ1n) is 7.80. The van der Waals surface area contributed by atoms with Crippen molar-refractivity contribution in [1.29, 1.82) is 0 Å². The second-order valence-corrected chi connectivity index (χ2v) is 6.51. The summed E-state index contributed by atoms with van der Waals surface area (Å²) in [6, 6.07) is 10.3. The van der Waals surface area contributed by atoms with E-state index in [1.54, 1.807) is 24.3 Å². The van der Waals surface area contributed by atoms with Gasteiger partial charge in [0.05, 0.1) is 15.4 Å². The van der Waals surface area contributed by atoms with Crippen LogP contribution in [0.15, 0.2) is 46.1 Å². The number of nitrogens with one attached hydrogen (secondary N) is 1. The molecule has 0 aliphatic carbocycles. The summed E-state index contributed by atoms with van der Waals surface area (Å²) in [4.78, 5) is 23.4. The molecule has 26 heavy (non-hydrogen) atoms. The molecule has 0 saturated heterocycles. The van der Waals surface area contributed by atoms with Crippen molar-refractivity contribution in [2.45, 2.75) is 20.5 Å². The monoisotopic (exact) mass is 419 g/mol. The first-order valence-corrected chi connectivity index (χ1v) is 8.60. The molecule has 8 heteroatoms. The van der Waals surface area contributed by atoms with Crippen molar-refractivity contribution < 1.29 is 19.9 Å². The first-order chi connectivity index (χ1) is 12.3. The topological polar surface area (TPSA) is 96.6 Å². The number of nitrogens with zero attached hydrogens (tertiary/aromatic N) is 2. The van der Waals surface area contributed by atoms with Gasteiger partial charge < -0.3 is 4.74 Å². The highest BCUT2D eigenvalue weighted by Gasteiger charge is 2.17. The second-order valence-electron chi connectivity index (χ2n) is 5.66. The van der Waals surface area contributed by atoms with E-state index in [1.807, 2.05) is 19.1 Å². The minimum absolute atomic E-state index is 0.0180. The molecule has 0 atom stereocenters. The van der Waals surface area contributed by atoms with Gasteiger partial charge in [-0.3, -0.25) is 10.1 Å². The van der Waals surface area contributed by atoms with Gasteiger partial charge in [-0.15, -0.1) is 0 Å². The zero-order chi connectivity index (χ0) is 19.3.